The van der Waals surface area contributed by atoms with Crippen molar-refractivity contribution < 1.29 is 18.0 Å². The lowest BCUT2D eigenvalue weighted by Crippen LogP contribution is -2.35. The Morgan fingerprint density at radius 2 is 1.92 bits per heavy atom. The number of hydrogen-bond acceptors (Lipinski definition) is 1. The third kappa shape index (κ3) is 4.98. The van der Waals surface area contributed by atoms with Gasteiger partial charge in [-0.1, -0.05) is 6.92 Å². The van der Waals surface area contributed by atoms with Crippen LogP contribution in [0.3, 0.4) is 0 Å². The fraction of sp³-hybridized carbons (Fsp3) is 0.857. The molecule has 0 bridgehead atoms. The molecule has 0 N–H and O–H groups in total. The minimum absolute atomic E-state index is 0.173. The lowest BCUT2D eigenvalue weighted by atomic mass is 10.3. The molecule has 0 spiro atoms. The van der Waals surface area contributed by atoms with Crippen LogP contribution in [0.5, 0.6) is 0 Å². The van der Waals surface area contributed by atoms with Gasteiger partial charge in [0, 0.05) is 13.5 Å². The van der Waals surface area contributed by atoms with Gasteiger partial charge in [0.05, 0.1) is 0 Å². The van der Waals surface area contributed by atoms with Crippen LogP contribution >= 0.6 is 0 Å². The lowest BCUT2D eigenvalue weighted by molar-refractivity contribution is -0.158. The molecular formula is C7H12F3NO. The first-order valence-corrected chi connectivity index (χ1v) is 3.67. The average Bonchev–Trinajstić information content (AvgIpc) is 1.84. The zero-order valence-corrected chi connectivity index (χ0v) is 7.11. The normalized spacial score (nSPS) is 11.4. The van der Waals surface area contributed by atoms with Crippen LogP contribution in [-0.2, 0) is 4.79 Å². The van der Waals surface area contributed by atoms with Gasteiger partial charge in [0.15, 0.2) is 0 Å². The highest BCUT2D eigenvalue weighted by Crippen LogP contribution is 2.15. The molecule has 0 radical (unpaired) electrons. The van der Waals surface area contributed by atoms with Gasteiger partial charge in [-0.15, -0.1) is 0 Å². The maximum absolute atomic E-state index is 11.7. The molecule has 1 amide bonds. The predicted molar refractivity (Wildman–Crippen MR) is 38.6 cm³/mol. The molecule has 0 saturated carbocycles. The molecule has 5 heteroatoms. The Hall–Kier alpha value is -0.740. The Balaban J connectivity index is 3.87. The van der Waals surface area contributed by atoms with Crippen molar-refractivity contribution in [2.75, 3.05) is 13.6 Å². The summed E-state index contributed by atoms with van der Waals surface area (Å²) in [6, 6.07) is 0. The van der Waals surface area contributed by atoms with Crippen LogP contribution in [0.2, 0.25) is 0 Å². The molecule has 0 fully saturated rings. The monoisotopic (exact) mass is 183 g/mol. The summed E-state index contributed by atoms with van der Waals surface area (Å²) in [6.45, 7) is 0.588. The molecule has 12 heavy (non-hydrogen) atoms. The number of carbonyl (C=O) groups is 1. The SMILES string of the molecule is CCCC(=O)N(C)CC(F)(F)F. The summed E-state index contributed by atoms with van der Waals surface area (Å²) >= 11 is 0. The van der Waals surface area contributed by atoms with Gasteiger partial charge in [-0.2, -0.15) is 13.2 Å². The van der Waals surface area contributed by atoms with E-state index in [-0.39, 0.29) is 6.42 Å². The largest absolute Gasteiger partial charge is 0.406 e. The maximum atomic E-state index is 11.7. The van der Waals surface area contributed by atoms with E-state index in [1.807, 2.05) is 0 Å². The number of halogens is 3. The Kier molecular flexibility index (Phi) is 4.06. The Labute approximate surface area is 69.3 Å². The molecule has 0 aliphatic carbocycles. The van der Waals surface area contributed by atoms with Gasteiger partial charge in [-0.3, -0.25) is 4.79 Å². The highest BCUT2D eigenvalue weighted by atomic mass is 19.4. The molecule has 0 aromatic heterocycles. The summed E-state index contributed by atoms with van der Waals surface area (Å²) in [5.41, 5.74) is 0. The minimum Gasteiger partial charge on any atom is -0.337 e. The molecule has 0 saturated heterocycles. The first-order valence-electron chi connectivity index (χ1n) is 3.67. The van der Waals surface area contributed by atoms with Gasteiger partial charge in [-0.05, 0) is 6.42 Å². The Morgan fingerprint density at radius 1 is 1.42 bits per heavy atom. The van der Waals surface area contributed by atoms with E-state index in [0.29, 0.717) is 11.3 Å². The summed E-state index contributed by atoms with van der Waals surface area (Å²) in [6.07, 6.45) is -3.55. The van der Waals surface area contributed by atoms with Crippen molar-refractivity contribution in [2.24, 2.45) is 0 Å². The van der Waals surface area contributed by atoms with E-state index in [4.69, 9.17) is 0 Å². The quantitative estimate of drug-likeness (QED) is 0.653. The number of hydrogen-bond donors (Lipinski definition) is 0. The van der Waals surface area contributed by atoms with Gasteiger partial charge in [0.1, 0.15) is 6.54 Å². The van der Waals surface area contributed by atoms with Crippen LogP contribution in [-0.4, -0.2) is 30.6 Å². The standard InChI is InChI=1S/C7H12F3NO/c1-3-4-6(12)11(2)5-7(8,9)10/h3-5H2,1-2H3. The summed E-state index contributed by atoms with van der Waals surface area (Å²) in [4.78, 5) is 11.5. The van der Waals surface area contributed by atoms with Crippen LogP contribution in [0.1, 0.15) is 19.8 Å². The van der Waals surface area contributed by atoms with E-state index >= 15 is 0 Å². The van der Waals surface area contributed by atoms with E-state index in [0.717, 1.165) is 7.05 Å². The van der Waals surface area contributed by atoms with E-state index in [1.54, 1.807) is 6.92 Å². The molecule has 2 nitrogen and oxygen atoms in total. The van der Waals surface area contributed by atoms with E-state index in [9.17, 15) is 18.0 Å². The maximum Gasteiger partial charge on any atom is 0.406 e. The van der Waals surface area contributed by atoms with Crippen molar-refractivity contribution in [1.82, 2.24) is 4.90 Å². The molecule has 0 aromatic carbocycles. The van der Waals surface area contributed by atoms with E-state index < -0.39 is 18.6 Å². The van der Waals surface area contributed by atoms with Crippen LogP contribution in [0, 0.1) is 0 Å². The third-order valence-electron chi connectivity index (χ3n) is 1.31. The number of carbonyl (C=O) groups excluding carboxylic acids is 1. The minimum atomic E-state index is -4.29. The number of rotatable bonds is 3. The second kappa shape index (κ2) is 4.33. The molecule has 0 aliphatic heterocycles. The molecule has 72 valence electrons. The molecule has 0 aliphatic rings. The highest BCUT2D eigenvalue weighted by Gasteiger charge is 2.30. The van der Waals surface area contributed by atoms with Crippen molar-refractivity contribution in [3.05, 3.63) is 0 Å². The topological polar surface area (TPSA) is 20.3 Å². The van der Waals surface area contributed by atoms with Crippen molar-refractivity contribution in [3.63, 3.8) is 0 Å². The van der Waals surface area contributed by atoms with Gasteiger partial charge in [0.2, 0.25) is 5.91 Å². The zero-order valence-electron chi connectivity index (χ0n) is 7.11. The van der Waals surface area contributed by atoms with Gasteiger partial charge in [-0.25, -0.2) is 0 Å². The second-order valence-electron chi connectivity index (χ2n) is 2.61. The Bertz CT molecular complexity index is 155. The molecule has 0 unspecified atom stereocenters. The third-order valence-corrected chi connectivity index (χ3v) is 1.31. The predicted octanol–water partition coefficient (Wildman–Crippen LogP) is 1.81. The Morgan fingerprint density at radius 3 is 2.25 bits per heavy atom. The summed E-state index contributed by atoms with van der Waals surface area (Å²) in [7, 11) is 1.16. The fourth-order valence-electron chi connectivity index (χ4n) is 0.762. The van der Waals surface area contributed by atoms with Gasteiger partial charge >= 0.3 is 6.18 Å². The first kappa shape index (κ1) is 11.3. The number of amides is 1. The van der Waals surface area contributed by atoms with Crippen molar-refractivity contribution in [2.45, 2.75) is 25.9 Å². The van der Waals surface area contributed by atoms with Crippen molar-refractivity contribution in [1.29, 1.82) is 0 Å². The summed E-state index contributed by atoms with van der Waals surface area (Å²) in [5, 5.41) is 0. The lowest BCUT2D eigenvalue weighted by Gasteiger charge is -2.18. The summed E-state index contributed by atoms with van der Waals surface area (Å²) < 4.78 is 35.1. The smallest absolute Gasteiger partial charge is 0.337 e. The average molecular weight is 183 g/mol. The van der Waals surface area contributed by atoms with Crippen LogP contribution < -0.4 is 0 Å². The number of nitrogens with zero attached hydrogens (tertiary/aromatic N) is 1. The molecule has 0 rings (SSSR count). The second-order valence-corrected chi connectivity index (χ2v) is 2.61. The van der Waals surface area contributed by atoms with Gasteiger partial charge in [0.25, 0.3) is 0 Å². The van der Waals surface area contributed by atoms with Gasteiger partial charge < -0.3 is 4.90 Å². The molecule has 0 aromatic rings. The first-order chi connectivity index (χ1) is 5.37. The van der Waals surface area contributed by atoms with Crippen LogP contribution in [0.15, 0.2) is 0 Å². The van der Waals surface area contributed by atoms with Crippen LogP contribution in [0.4, 0.5) is 13.2 Å². The molecular weight excluding hydrogens is 171 g/mol. The van der Waals surface area contributed by atoms with Crippen molar-refractivity contribution in [3.8, 4) is 0 Å². The number of alkyl halides is 3. The zero-order chi connectivity index (χ0) is 9.78. The highest BCUT2D eigenvalue weighted by molar-refractivity contribution is 5.75. The molecule has 0 atom stereocenters. The van der Waals surface area contributed by atoms with E-state index in [2.05, 4.69) is 0 Å². The van der Waals surface area contributed by atoms with Crippen molar-refractivity contribution >= 4 is 5.91 Å². The molecule has 0 heterocycles. The van der Waals surface area contributed by atoms with E-state index in [1.165, 1.54) is 0 Å². The van der Waals surface area contributed by atoms with Crippen LogP contribution in [0.25, 0.3) is 0 Å². The summed E-state index contributed by atoms with van der Waals surface area (Å²) in [5.74, 6) is -0.463. The fourth-order valence-corrected chi connectivity index (χ4v) is 0.762.